The van der Waals surface area contributed by atoms with Gasteiger partial charge in [0.2, 0.25) is 0 Å². The van der Waals surface area contributed by atoms with Crippen molar-refractivity contribution in [3.8, 4) is 0 Å². The number of carbonyl (C=O) groups is 1. The third kappa shape index (κ3) is 7.08. The van der Waals surface area contributed by atoms with Crippen LogP contribution in [0.15, 0.2) is 0 Å². The summed E-state index contributed by atoms with van der Waals surface area (Å²) in [7, 11) is 0. The van der Waals surface area contributed by atoms with Gasteiger partial charge in [-0.25, -0.2) is 4.79 Å². The number of piperidine rings is 1. The molecule has 0 saturated carbocycles. The van der Waals surface area contributed by atoms with Crippen LogP contribution in [0.3, 0.4) is 0 Å². The quantitative estimate of drug-likeness (QED) is 0.720. The van der Waals surface area contributed by atoms with Gasteiger partial charge in [-0.05, 0) is 45.2 Å². The van der Waals surface area contributed by atoms with E-state index < -0.39 is 0 Å². The second-order valence-electron chi connectivity index (χ2n) is 7.80. The SMILES string of the molecule is CCN(CC)CCNC(=O)NCC(C)(C)N1CC(C)CC(C)C1. The van der Waals surface area contributed by atoms with Gasteiger partial charge in [-0.15, -0.1) is 0 Å². The fourth-order valence-corrected chi connectivity index (χ4v) is 3.50. The number of likely N-dealkylation sites (N-methyl/N-ethyl adjacent to an activating group) is 1. The number of rotatable bonds is 8. The first-order valence-corrected chi connectivity index (χ1v) is 9.27. The Kier molecular flexibility index (Phi) is 8.34. The average molecular weight is 327 g/mol. The van der Waals surface area contributed by atoms with Crippen molar-refractivity contribution < 1.29 is 4.79 Å². The van der Waals surface area contributed by atoms with Crippen molar-refractivity contribution in [3.63, 3.8) is 0 Å². The summed E-state index contributed by atoms with van der Waals surface area (Å²) in [5.74, 6) is 1.47. The normalized spacial score (nSPS) is 23.1. The largest absolute Gasteiger partial charge is 0.337 e. The monoisotopic (exact) mass is 326 g/mol. The van der Waals surface area contributed by atoms with E-state index in [1.165, 1.54) is 6.42 Å². The Hall–Kier alpha value is -0.810. The molecule has 2 N–H and O–H groups in total. The number of nitrogens with zero attached hydrogens (tertiary/aromatic N) is 2. The van der Waals surface area contributed by atoms with E-state index in [1.54, 1.807) is 0 Å². The van der Waals surface area contributed by atoms with Gasteiger partial charge in [0.15, 0.2) is 0 Å². The minimum atomic E-state index is -0.0525. The van der Waals surface area contributed by atoms with Gasteiger partial charge >= 0.3 is 6.03 Å². The smallest absolute Gasteiger partial charge is 0.314 e. The van der Waals surface area contributed by atoms with E-state index in [1.807, 2.05) is 0 Å². The molecule has 1 fully saturated rings. The molecule has 2 atom stereocenters. The van der Waals surface area contributed by atoms with Gasteiger partial charge in [0.25, 0.3) is 0 Å². The Balaban J connectivity index is 2.33. The topological polar surface area (TPSA) is 47.6 Å². The van der Waals surface area contributed by atoms with Gasteiger partial charge < -0.3 is 15.5 Å². The summed E-state index contributed by atoms with van der Waals surface area (Å²) in [6.07, 6.45) is 1.31. The van der Waals surface area contributed by atoms with Crippen LogP contribution in [0.1, 0.15) is 48.0 Å². The number of hydrogen-bond acceptors (Lipinski definition) is 3. The second-order valence-corrected chi connectivity index (χ2v) is 7.80. The van der Waals surface area contributed by atoms with E-state index in [9.17, 15) is 4.79 Å². The van der Waals surface area contributed by atoms with Gasteiger partial charge in [0.1, 0.15) is 0 Å². The molecule has 1 saturated heterocycles. The van der Waals surface area contributed by atoms with Crippen LogP contribution < -0.4 is 10.6 Å². The molecule has 0 aromatic heterocycles. The maximum Gasteiger partial charge on any atom is 0.314 e. The summed E-state index contributed by atoms with van der Waals surface area (Å²) < 4.78 is 0. The summed E-state index contributed by atoms with van der Waals surface area (Å²) in [4.78, 5) is 16.8. The van der Waals surface area contributed by atoms with Gasteiger partial charge in [-0.2, -0.15) is 0 Å². The van der Waals surface area contributed by atoms with Gasteiger partial charge in [0, 0.05) is 38.3 Å². The summed E-state index contributed by atoms with van der Waals surface area (Å²) in [6, 6.07) is -0.0525. The Morgan fingerprint density at radius 2 is 1.70 bits per heavy atom. The highest BCUT2D eigenvalue weighted by atomic mass is 16.2. The molecular weight excluding hydrogens is 288 g/mol. The van der Waals surface area contributed by atoms with Crippen LogP contribution in [0, 0.1) is 11.8 Å². The molecule has 1 heterocycles. The number of amides is 2. The van der Waals surface area contributed by atoms with Gasteiger partial charge in [-0.3, -0.25) is 4.90 Å². The van der Waals surface area contributed by atoms with E-state index in [0.29, 0.717) is 13.1 Å². The zero-order valence-electron chi connectivity index (χ0n) is 16.1. The molecule has 0 radical (unpaired) electrons. The fraction of sp³-hybridized carbons (Fsp3) is 0.944. The first-order valence-electron chi connectivity index (χ1n) is 9.27. The predicted molar refractivity (Wildman–Crippen MR) is 97.8 cm³/mol. The molecule has 1 rings (SSSR count). The maximum absolute atomic E-state index is 12.0. The highest BCUT2D eigenvalue weighted by Crippen LogP contribution is 2.26. The zero-order valence-corrected chi connectivity index (χ0v) is 16.1. The Morgan fingerprint density at radius 1 is 1.13 bits per heavy atom. The Labute approximate surface area is 143 Å². The van der Waals surface area contributed by atoms with Crippen LogP contribution in [0.5, 0.6) is 0 Å². The fourth-order valence-electron chi connectivity index (χ4n) is 3.50. The number of likely N-dealkylation sites (tertiary alicyclic amines) is 1. The standard InChI is InChI=1S/C18H38N4O/c1-7-21(8-2)10-9-19-17(23)20-14-18(5,6)22-12-15(3)11-16(4)13-22/h15-16H,7-14H2,1-6H3,(H2,19,20,23). The zero-order chi connectivity index (χ0) is 17.5. The van der Waals surface area contributed by atoms with Crippen molar-refractivity contribution in [2.24, 2.45) is 11.8 Å². The summed E-state index contributed by atoms with van der Waals surface area (Å²) in [5, 5.41) is 6.01. The van der Waals surface area contributed by atoms with Crippen LogP contribution in [0.2, 0.25) is 0 Å². The number of hydrogen-bond donors (Lipinski definition) is 2. The van der Waals surface area contributed by atoms with Crippen molar-refractivity contribution in [2.45, 2.75) is 53.5 Å². The molecule has 0 spiro atoms. The van der Waals surface area contributed by atoms with Crippen LogP contribution in [0.4, 0.5) is 4.79 Å². The second kappa shape index (κ2) is 9.48. The molecule has 2 unspecified atom stereocenters. The van der Waals surface area contributed by atoms with Gasteiger partial charge in [-0.1, -0.05) is 27.7 Å². The molecular formula is C18H38N4O. The van der Waals surface area contributed by atoms with Crippen molar-refractivity contribution >= 4 is 6.03 Å². The van der Waals surface area contributed by atoms with Crippen LogP contribution in [-0.4, -0.2) is 67.2 Å². The number of urea groups is 1. The lowest BCUT2D eigenvalue weighted by Crippen LogP contribution is -2.57. The van der Waals surface area contributed by atoms with Crippen LogP contribution >= 0.6 is 0 Å². The number of carbonyl (C=O) groups excluding carboxylic acids is 1. The molecule has 0 bridgehead atoms. The molecule has 0 aromatic carbocycles. The Morgan fingerprint density at radius 3 is 2.22 bits per heavy atom. The highest BCUT2D eigenvalue weighted by molar-refractivity contribution is 5.73. The lowest BCUT2D eigenvalue weighted by molar-refractivity contribution is 0.0472. The first-order chi connectivity index (χ1) is 10.8. The van der Waals surface area contributed by atoms with E-state index >= 15 is 0 Å². The van der Waals surface area contributed by atoms with E-state index in [4.69, 9.17) is 0 Å². The molecule has 5 nitrogen and oxygen atoms in total. The molecule has 136 valence electrons. The lowest BCUT2D eigenvalue weighted by atomic mass is 9.88. The van der Waals surface area contributed by atoms with Crippen LogP contribution in [0.25, 0.3) is 0 Å². The van der Waals surface area contributed by atoms with Crippen molar-refractivity contribution in [1.82, 2.24) is 20.4 Å². The molecule has 23 heavy (non-hydrogen) atoms. The molecule has 1 aliphatic rings. The Bertz CT molecular complexity index is 345. The van der Waals surface area contributed by atoms with E-state index in [0.717, 1.165) is 44.6 Å². The highest BCUT2D eigenvalue weighted by Gasteiger charge is 2.32. The molecule has 2 amide bonds. The minimum Gasteiger partial charge on any atom is -0.337 e. The predicted octanol–water partition coefficient (Wildman–Crippen LogP) is 2.38. The van der Waals surface area contributed by atoms with Crippen LogP contribution in [-0.2, 0) is 0 Å². The third-order valence-corrected chi connectivity index (χ3v) is 5.01. The van der Waals surface area contributed by atoms with Crippen molar-refractivity contribution in [3.05, 3.63) is 0 Å². The molecule has 5 heteroatoms. The summed E-state index contributed by atoms with van der Waals surface area (Å²) >= 11 is 0. The summed E-state index contributed by atoms with van der Waals surface area (Å²) in [6.45, 7) is 20.0. The minimum absolute atomic E-state index is 0.000841. The van der Waals surface area contributed by atoms with E-state index in [-0.39, 0.29) is 11.6 Å². The van der Waals surface area contributed by atoms with E-state index in [2.05, 4.69) is 62.0 Å². The lowest BCUT2D eigenvalue weighted by Gasteiger charge is -2.45. The maximum atomic E-state index is 12.0. The first kappa shape index (κ1) is 20.2. The molecule has 0 aromatic rings. The van der Waals surface area contributed by atoms with Crippen molar-refractivity contribution in [2.75, 3.05) is 45.8 Å². The molecule has 1 aliphatic heterocycles. The van der Waals surface area contributed by atoms with Crippen molar-refractivity contribution in [1.29, 1.82) is 0 Å². The summed E-state index contributed by atoms with van der Waals surface area (Å²) in [5.41, 5.74) is -0.000841. The average Bonchev–Trinajstić information content (AvgIpc) is 2.49. The third-order valence-electron chi connectivity index (χ3n) is 5.01. The number of nitrogens with one attached hydrogen (secondary N) is 2. The molecule has 0 aliphatic carbocycles. The van der Waals surface area contributed by atoms with Gasteiger partial charge in [0.05, 0.1) is 0 Å².